The van der Waals surface area contributed by atoms with Crippen molar-refractivity contribution in [2.45, 2.75) is 6.92 Å². The van der Waals surface area contributed by atoms with Crippen molar-refractivity contribution >= 4 is 8.58 Å². The average molecular weight is 140 g/mol. The van der Waals surface area contributed by atoms with Crippen molar-refractivity contribution in [3.8, 4) is 0 Å². The molecule has 0 heterocycles. The lowest BCUT2D eigenvalue weighted by atomic mass is 10.3. The summed E-state index contributed by atoms with van der Waals surface area (Å²) in [6.45, 7) is 11.7. The minimum atomic E-state index is 0.809. The van der Waals surface area contributed by atoms with Crippen molar-refractivity contribution in [3.63, 3.8) is 0 Å². The molecule has 0 spiro atoms. The van der Waals surface area contributed by atoms with Crippen LogP contribution >= 0.6 is 8.58 Å². The van der Waals surface area contributed by atoms with Crippen LogP contribution in [0.15, 0.2) is 36.2 Å². The molecule has 1 atom stereocenters. The van der Waals surface area contributed by atoms with Crippen LogP contribution in [0.1, 0.15) is 6.92 Å². The van der Waals surface area contributed by atoms with Gasteiger partial charge in [-0.25, -0.2) is 0 Å². The van der Waals surface area contributed by atoms with E-state index < -0.39 is 0 Å². The van der Waals surface area contributed by atoms with Crippen LogP contribution in [0.4, 0.5) is 0 Å². The zero-order valence-electron chi connectivity index (χ0n) is 6.07. The monoisotopic (exact) mass is 140 g/mol. The highest BCUT2D eigenvalue weighted by atomic mass is 31.1. The summed E-state index contributed by atoms with van der Waals surface area (Å²) in [6.07, 6.45) is 4.00. The second-order valence-corrected chi connectivity index (χ2v) is 3.10. The van der Waals surface area contributed by atoms with E-state index in [-0.39, 0.29) is 0 Å². The summed E-state index contributed by atoms with van der Waals surface area (Å²) in [6, 6.07) is 0. The van der Waals surface area contributed by atoms with E-state index in [2.05, 4.69) is 19.8 Å². The van der Waals surface area contributed by atoms with Crippen LogP contribution < -0.4 is 0 Å². The normalized spacial score (nSPS) is 11.3. The smallest absolute Gasteiger partial charge is 0.0346 e. The summed E-state index contributed by atoms with van der Waals surface area (Å²) in [5, 5.41) is 1.18. The van der Waals surface area contributed by atoms with Crippen molar-refractivity contribution in [2.75, 3.05) is 6.66 Å². The molecule has 0 aliphatic heterocycles. The zero-order valence-corrected chi connectivity index (χ0v) is 7.07. The first-order chi connectivity index (χ1) is 4.16. The summed E-state index contributed by atoms with van der Waals surface area (Å²) in [5.74, 6) is 0. The molecular formula is C8H13P. The Kier molecular flexibility index (Phi) is 4.35. The molecule has 0 aliphatic carbocycles. The Hall–Kier alpha value is -0.350. The van der Waals surface area contributed by atoms with E-state index in [4.69, 9.17) is 0 Å². The molecule has 0 aliphatic rings. The van der Waals surface area contributed by atoms with E-state index >= 15 is 0 Å². The maximum Gasteiger partial charge on any atom is -0.0346 e. The van der Waals surface area contributed by atoms with Crippen LogP contribution in [-0.4, -0.2) is 6.66 Å². The third-order valence-corrected chi connectivity index (χ3v) is 1.70. The first-order valence-corrected chi connectivity index (χ1v) is 4.37. The lowest BCUT2D eigenvalue weighted by Crippen LogP contribution is -1.62. The summed E-state index contributed by atoms with van der Waals surface area (Å²) >= 11 is 0. The van der Waals surface area contributed by atoms with Crippen molar-refractivity contribution in [1.82, 2.24) is 0 Å². The first kappa shape index (κ1) is 8.65. The second kappa shape index (κ2) is 4.52. The highest BCUT2D eigenvalue weighted by molar-refractivity contribution is 7.42. The molecule has 0 fully saturated rings. The number of rotatable bonds is 3. The Bertz CT molecular complexity index is 143. The van der Waals surface area contributed by atoms with E-state index in [1.54, 1.807) is 0 Å². The van der Waals surface area contributed by atoms with E-state index in [0.717, 1.165) is 14.2 Å². The molecular weight excluding hydrogens is 127 g/mol. The number of allylic oxidation sites excluding steroid dienone is 4. The van der Waals surface area contributed by atoms with Gasteiger partial charge in [-0.3, -0.25) is 0 Å². The van der Waals surface area contributed by atoms with Crippen molar-refractivity contribution in [2.24, 2.45) is 0 Å². The highest BCUT2D eigenvalue weighted by Gasteiger charge is 1.79. The van der Waals surface area contributed by atoms with Gasteiger partial charge in [0.1, 0.15) is 0 Å². The predicted molar refractivity (Wildman–Crippen MR) is 47.3 cm³/mol. The largest absolute Gasteiger partial charge is 0.0961 e. The minimum Gasteiger partial charge on any atom is -0.0961 e. The molecule has 0 aromatic carbocycles. The van der Waals surface area contributed by atoms with Gasteiger partial charge in [-0.2, -0.15) is 0 Å². The van der Waals surface area contributed by atoms with Gasteiger partial charge in [0.15, 0.2) is 0 Å². The Balaban J connectivity index is 3.71. The summed E-state index contributed by atoms with van der Waals surface area (Å²) < 4.78 is 0. The van der Waals surface area contributed by atoms with Crippen LogP contribution in [0, 0.1) is 0 Å². The Morgan fingerprint density at radius 2 is 1.89 bits per heavy atom. The quantitative estimate of drug-likeness (QED) is 0.417. The van der Waals surface area contributed by atoms with Gasteiger partial charge in [-0.05, 0) is 18.9 Å². The molecule has 0 saturated heterocycles. The Labute approximate surface area is 59.1 Å². The molecule has 1 heteroatoms. The SMILES string of the molecule is C=C(C)/C=C\C(=C)PC. The highest BCUT2D eigenvalue weighted by Crippen LogP contribution is 2.17. The molecule has 0 radical (unpaired) electrons. The number of hydrogen-bond donors (Lipinski definition) is 0. The third-order valence-electron chi connectivity index (χ3n) is 0.890. The zero-order chi connectivity index (χ0) is 7.28. The van der Waals surface area contributed by atoms with E-state index in [9.17, 15) is 0 Å². The Morgan fingerprint density at radius 1 is 1.33 bits per heavy atom. The van der Waals surface area contributed by atoms with Crippen LogP contribution in [0.5, 0.6) is 0 Å². The van der Waals surface area contributed by atoms with Crippen LogP contribution in [0.2, 0.25) is 0 Å². The topological polar surface area (TPSA) is 0 Å². The van der Waals surface area contributed by atoms with Crippen molar-refractivity contribution in [1.29, 1.82) is 0 Å². The molecule has 0 saturated carbocycles. The van der Waals surface area contributed by atoms with Gasteiger partial charge < -0.3 is 0 Å². The fourth-order valence-corrected chi connectivity index (χ4v) is 0.576. The fourth-order valence-electron chi connectivity index (χ4n) is 0.326. The minimum absolute atomic E-state index is 0.809. The second-order valence-electron chi connectivity index (χ2n) is 1.95. The van der Waals surface area contributed by atoms with Crippen LogP contribution in [0.25, 0.3) is 0 Å². The predicted octanol–water partition coefficient (Wildman–Crippen LogP) is 2.94. The van der Waals surface area contributed by atoms with E-state index in [1.165, 1.54) is 5.31 Å². The van der Waals surface area contributed by atoms with Gasteiger partial charge in [0, 0.05) is 0 Å². The molecule has 1 unspecified atom stereocenters. The van der Waals surface area contributed by atoms with Gasteiger partial charge in [-0.1, -0.05) is 39.5 Å². The third kappa shape index (κ3) is 5.52. The Morgan fingerprint density at radius 3 is 2.22 bits per heavy atom. The van der Waals surface area contributed by atoms with Gasteiger partial charge in [0.05, 0.1) is 0 Å². The summed E-state index contributed by atoms with van der Waals surface area (Å²) in [7, 11) is 0.809. The number of hydrogen-bond acceptors (Lipinski definition) is 0. The standard InChI is InChI=1S/C8H13P/c1-7(2)5-6-8(3)9-4/h5-6,9H,1,3H2,2,4H3/b6-5-. The van der Waals surface area contributed by atoms with Crippen molar-refractivity contribution < 1.29 is 0 Å². The molecule has 0 aromatic rings. The van der Waals surface area contributed by atoms with E-state index in [1.807, 2.05) is 19.1 Å². The molecule has 0 aromatic heterocycles. The van der Waals surface area contributed by atoms with Gasteiger partial charge in [0.25, 0.3) is 0 Å². The molecule has 9 heavy (non-hydrogen) atoms. The molecule has 0 bridgehead atoms. The molecule has 50 valence electrons. The van der Waals surface area contributed by atoms with Crippen LogP contribution in [0.3, 0.4) is 0 Å². The van der Waals surface area contributed by atoms with Gasteiger partial charge in [0.2, 0.25) is 0 Å². The lowest BCUT2D eigenvalue weighted by molar-refractivity contribution is 1.56. The van der Waals surface area contributed by atoms with Crippen molar-refractivity contribution in [3.05, 3.63) is 36.2 Å². The molecule has 0 rings (SSSR count). The maximum absolute atomic E-state index is 3.83. The van der Waals surface area contributed by atoms with E-state index in [0.29, 0.717) is 0 Å². The molecule has 0 N–H and O–H groups in total. The summed E-state index contributed by atoms with van der Waals surface area (Å²) in [5.41, 5.74) is 1.08. The lowest BCUT2D eigenvalue weighted by Gasteiger charge is -1.90. The average Bonchev–Trinajstić information content (AvgIpc) is 1.83. The van der Waals surface area contributed by atoms with Gasteiger partial charge >= 0.3 is 0 Å². The maximum atomic E-state index is 3.83. The first-order valence-electron chi connectivity index (χ1n) is 2.87. The summed E-state index contributed by atoms with van der Waals surface area (Å²) in [4.78, 5) is 0. The molecule has 0 nitrogen and oxygen atoms in total. The van der Waals surface area contributed by atoms with Gasteiger partial charge in [-0.15, -0.1) is 0 Å². The molecule has 0 amide bonds. The fraction of sp³-hybridized carbons (Fsp3) is 0.250. The van der Waals surface area contributed by atoms with Crippen LogP contribution in [-0.2, 0) is 0 Å².